The van der Waals surface area contributed by atoms with Crippen LogP contribution < -0.4 is 26.0 Å². The first-order chi connectivity index (χ1) is 37.0. The van der Waals surface area contributed by atoms with Crippen molar-refractivity contribution in [2.45, 2.75) is 112 Å². The van der Waals surface area contributed by atoms with Crippen LogP contribution in [0, 0.1) is 31.8 Å². The average molecular weight is 1210 g/mol. The molecule has 14 rings (SSSR count). The van der Waals surface area contributed by atoms with Crippen molar-refractivity contribution in [3.05, 3.63) is 209 Å². The summed E-state index contributed by atoms with van der Waals surface area (Å²) >= 11 is 0. The molecule has 0 fully saturated rings. The number of rotatable bonds is 2. The third kappa shape index (κ3) is 8.43. The molecule has 0 saturated heterocycles. The van der Waals surface area contributed by atoms with Crippen molar-refractivity contribution in [1.82, 2.24) is 14.4 Å². The second-order valence-electron chi connectivity index (χ2n) is 25.6. The number of pyridine rings is 2. The maximum atomic E-state index is 12.7. The molecule has 8 heteroatoms. The van der Waals surface area contributed by atoms with Crippen molar-refractivity contribution < 1.29 is 29.2 Å². The Kier molecular flexibility index (Phi) is 12.1. The van der Waals surface area contributed by atoms with Crippen molar-refractivity contribution in [1.29, 1.82) is 0 Å². The van der Waals surface area contributed by atoms with Gasteiger partial charge in [0.2, 0.25) is 0 Å². The van der Waals surface area contributed by atoms with Crippen LogP contribution >= 0.6 is 0 Å². The third-order valence-electron chi connectivity index (χ3n) is 17.0. The van der Waals surface area contributed by atoms with E-state index in [9.17, 15) is 4.39 Å². The normalized spacial score (nSPS) is 14.0. The average Bonchev–Trinajstić information content (AvgIpc) is 3.86. The number of aromatic nitrogens is 3. The zero-order valence-corrected chi connectivity index (χ0v) is 49.8. The number of ether oxygens (including phenoxy) is 1. The van der Waals surface area contributed by atoms with E-state index in [0.717, 1.165) is 67.0 Å². The van der Waals surface area contributed by atoms with Crippen LogP contribution in [0.4, 0.5) is 21.5 Å². The number of halogens is 1. The van der Waals surface area contributed by atoms with Gasteiger partial charge in [0, 0.05) is 54.4 Å². The summed E-state index contributed by atoms with van der Waals surface area (Å²) in [6.07, 6.45) is 1.82. The molecule has 79 heavy (non-hydrogen) atoms. The fourth-order valence-corrected chi connectivity index (χ4v) is 12.3. The van der Waals surface area contributed by atoms with Gasteiger partial charge in [-0.3, -0.25) is 9.37 Å². The Morgan fingerprint density at radius 3 is 2.05 bits per heavy atom. The van der Waals surface area contributed by atoms with Gasteiger partial charge < -0.3 is 19.0 Å². The van der Waals surface area contributed by atoms with E-state index < -0.39 is 0 Å². The van der Waals surface area contributed by atoms with Crippen LogP contribution in [-0.4, -0.2) is 21.1 Å². The number of anilines is 3. The van der Waals surface area contributed by atoms with Crippen LogP contribution in [0.15, 0.2) is 152 Å². The molecule has 0 N–H and O–H groups in total. The summed E-state index contributed by atoms with van der Waals surface area (Å²) in [5, 5.41) is 3.39. The molecule has 0 spiro atoms. The van der Waals surface area contributed by atoms with Crippen molar-refractivity contribution in [2.75, 3.05) is 4.90 Å². The van der Waals surface area contributed by atoms with E-state index in [4.69, 9.17) is 9.72 Å². The summed E-state index contributed by atoms with van der Waals surface area (Å²) in [4.78, 5) is 12.1. The Labute approximate surface area is 478 Å². The molecule has 3 aromatic heterocycles. The van der Waals surface area contributed by atoms with Gasteiger partial charge in [0.25, 0.3) is 6.71 Å². The Balaban J connectivity index is 0.000000337. The van der Waals surface area contributed by atoms with Gasteiger partial charge in [0.05, 0.1) is 22.4 Å². The van der Waals surface area contributed by atoms with Crippen LogP contribution in [0.3, 0.4) is 0 Å². The van der Waals surface area contributed by atoms with Gasteiger partial charge in [0.15, 0.2) is 0 Å². The van der Waals surface area contributed by atoms with Crippen molar-refractivity contribution in [2.24, 2.45) is 0 Å². The van der Waals surface area contributed by atoms with Crippen LogP contribution in [0.2, 0.25) is 0 Å². The van der Waals surface area contributed by atoms with E-state index in [1.807, 2.05) is 32.2 Å². The standard InChI is InChI=1S/C58H53BN3O.C13H11FN.Ir/c1-55(2,3)35-21-24-47-41(29-35)58(10,11)42-30-37(57(7,8)9)32-44-53(42)61(47)49-27-34(28-51-52(49)59(44)43-31-36(56(4,5)6)22-25-50(43)63-51)33-20-23-45-48(26-33)62-46-19-15-14-17-39(46)38-16-12-13-18-40(38)54(62)60-45;1-9-7-13(15-8-10(9)2)11-3-5-12(14)6-4-11;/h12-17,19-32H,1-11H3;3,5-8H,1-2H3;/q2*-1;. The van der Waals surface area contributed by atoms with Gasteiger partial charge in [-0.15, -0.1) is 59.5 Å². The molecule has 3 aliphatic rings. The minimum atomic E-state index is -0.275. The van der Waals surface area contributed by atoms with Crippen molar-refractivity contribution in [3.8, 4) is 33.9 Å². The van der Waals surface area contributed by atoms with E-state index in [-0.39, 0.29) is 54.3 Å². The molecule has 0 amide bonds. The summed E-state index contributed by atoms with van der Waals surface area (Å²) < 4.78 is 22.2. The number of fused-ring (bicyclic) bond motifs is 14. The zero-order chi connectivity index (χ0) is 54.5. The van der Waals surface area contributed by atoms with E-state index in [2.05, 4.69) is 218 Å². The summed E-state index contributed by atoms with van der Waals surface area (Å²) in [6, 6.07) is 58.5. The molecule has 3 aliphatic heterocycles. The smallest absolute Gasteiger partial charge is 0.256 e. The van der Waals surface area contributed by atoms with Crippen molar-refractivity contribution in [3.63, 3.8) is 0 Å². The predicted molar refractivity (Wildman–Crippen MR) is 324 cm³/mol. The molecule has 0 aliphatic carbocycles. The molecule has 5 nitrogen and oxygen atoms in total. The molecule has 0 atom stereocenters. The molecule has 0 saturated carbocycles. The summed E-state index contributed by atoms with van der Waals surface area (Å²) in [5.74, 6) is 1.57. The topological polar surface area (TPSA) is 42.7 Å². The molecule has 11 aromatic rings. The van der Waals surface area contributed by atoms with Gasteiger partial charge in [-0.2, -0.15) is 0 Å². The summed E-state index contributed by atoms with van der Waals surface area (Å²) in [5.41, 5.74) is 24.3. The van der Waals surface area contributed by atoms with Crippen molar-refractivity contribution >= 4 is 78.5 Å². The van der Waals surface area contributed by atoms with E-state index in [1.165, 1.54) is 89.7 Å². The van der Waals surface area contributed by atoms with Crippen LogP contribution in [0.5, 0.6) is 11.5 Å². The minimum Gasteiger partial charge on any atom is -0.458 e. The SMILES string of the molecule is CC(C)(C)c1ccc2c(c1)B1c3cc(C(C)(C)C)cc4c3N(c3ccc(C(C)(C)C)cc3C4(C)C)c3cc(-c4ccc5nc6c7[c-]cccc7c7ccccc7n6c5c4)cc(c31)O2.Cc1cnc(-c2[c-]cc(F)cc2)cc1C.[Ir]. The molecule has 0 bridgehead atoms. The third-order valence-corrected chi connectivity index (χ3v) is 17.0. The number of aryl methyl sites for hydroxylation is 2. The number of benzene rings is 8. The monoisotopic (exact) mass is 1210 g/mol. The second-order valence-corrected chi connectivity index (χ2v) is 25.6. The van der Waals surface area contributed by atoms with Gasteiger partial charge in [-0.05, 0) is 145 Å². The van der Waals surface area contributed by atoms with E-state index in [0.29, 0.717) is 0 Å². The molecule has 395 valence electrons. The quantitative estimate of drug-likeness (QED) is 0.0983. The largest absolute Gasteiger partial charge is 0.458 e. The Bertz CT molecular complexity index is 4330. The van der Waals surface area contributed by atoms with E-state index >= 15 is 0 Å². The van der Waals surface area contributed by atoms with Gasteiger partial charge in [-0.1, -0.05) is 154 Å². The molecular formula is C71H64BFIrN4O-2. The van der Waals surface area contributed by atoms with Crippen LogP contribution in [0.1, 0.15) is 115 Å². The molecular weight excluding hydrogens is 1150 g/mol. The summed E-state index contributed by atoms with van der Waals surface area (Å²) in [7, 11) is 0. The molecule has 6 heterocycles. The molecule has 1 radical (unpaired) electrons. The van der Waals surface area contributed by atoms with Crippen LogP contribution in [-0.2, 0) is 41.8 Å². The molecule has 8 aromatic carbocycles. The zero-order valence-electron chi connectivity index (χ0n) is 47.4. The number of para-hydroxylation sites is 1. The Hall–Kier alpha value is -7.38. The van der Waals surface area contributed by atoms with Gasteiger partial charge >= 0.3 is 0 Å². The fourth-order valence-electron chi connectivity index (χ4n) is 12.3. The maximum Gasteiger partial charge on any atom is 0.256 e. The first-order valence-corrected chi connectivity index (χ1v) is 27.4. The minimum absolute atomic E-state index is 0. The van der Waals surface area contributed by atoms with Crippen LogP contribution in [0.25, 0.3) is 60.7 Å². The number of hydrogen-bond donors (Lipinski definition) is 0. The Morgan fingerprint density at radius 2 is 1.32 bits per heavy atom. The first-order valence-electron chi connectivity index (χ1n) is 27.4. The second kappa shape index (κ2) is 18.3. The number of hydrogen-bond acceptors (Lipinski definition) is 4. The summed E-state index contributed by atoms with van der Waals surface area (Å²) in [6.45, 7) is 29.9. The maximum absolute atomic E-state index is 12.7. The van der Waals surface area contributed by atoms with E-state index in [1.54, 1.807) is 6.07 Å². The molecule has 0 unspecified atom stereocenters. The predicted octanol–water partition coefficient (Wildman–Crippen LogP) is 16.5. The van der Waals surface area contributed by atoms with Gasteiger partial charge in [-0.25, -0.2) is 0 Å². The van der Waals surface area contributed by atoms with Gasteiger partial charge in [0.1, 0.15) is 11.5 Å². The fraction of sp³-hybridized carbons (Fsp3) is 0.239. The first kappa shape index (κ1) is 52.3. The Morgan fingerprint density at radius 1 is 0.608 bits per heavy atom. The number of nitrogens with zero attached hydrogens (tertiary/aromatic N) is 4. The number of imidazole rings is 1.